The summed E-state index contributed by atoms with van der Waals surface area (Å²) >= 11 is 0. The smallest absolute Gasteiger partial charge is 0.224 e. The van der Waals surface area contributed by atoms with Crippen LogP contribution in [0.3, 0.4) is 0 Å². The average Bonchev–Trinajstić information content (AvgIpc) is 2.74. The number of methoxy groups -OCH3 is 2. The quantitative estimate of drug-likeness (QED) is 0.780. The van der Waals surface area contributed by atoms with E-state index < -0.39 is 0 Å². The lowest BCUT2D eigenvalue weighted by molar-refractivity contribution is -0.121. The maximum Gasteiger partial charge on any atom is 0.224 e. The molecule has 6 nitrogen and oxygen atoms in total. The average molecular weight is 388 g/mol. The van der Waals surface area contributed by atoms with E-state index in [9.17, 15) is 4.79 Å². The van der Waals surface area contributed by atoms with E-state index >= 15 is 0 Å². The number of piperidine rings is 3. The molecule has 6 heteroatoms. The number of fused-ring (bicyclic) bond motifs is 4. The number of rotatable bonds is 6. The number of benzene rings is 1. The Balaban J connectivity index is 1.37. The summed E-state index contributed by atoms with van der Waals surface area (Å²) in [6.45, 7) is 4.18. The second kappa shape index (κ2) is 8.70. The van der Waals surface area contributed by atoms with Crippen LogP contribution in [0.4, 0.5) is 0 Å². The van der Waals surface area contributed by atoms with E-state index in [4.69, 9.17) is 9.47 Å². The molecule has 1 aromatic carbocycles. The van der Waals surface area contributed by atoms with Crippen LogP contribution in [-0.2, 0) is 11.2 Å². The summed E-state index contributed by atoms with van der Waals surface area (Å²) in [6, 6.07) is 6.83. The first-order valence-corrected chi connectivity index (χ1v) is 10.6. The molecule has 3 fully saturated rings. The highest BCUT2D eigenvalue weighted by Crippen LogP contribution is 2.38. The van der Waals surface area contributed by atoms with Gasteiger partial charge in [0.25, 0.3) is 0 Å². The van der Waals surface area contributed by atoms with Crippen LogP contribution in [0.2, 0.25) is 0 Å². The van der Waals surface area contributed by atoms with Crippen LogP contribution in [0.1, 0.15) is 31.2 Å². The number of hydrogen-bond acceptors (Lipinski definition) is 5. The summed E-state index contributed by atoms with van der Waals surface area (Å²) in [6.07, 6.45) is 5.63. The highest BCUT2D eigenvalue weighted by Gasteiger charge is 2.45. The molecule has 3 heterocycles. The third-order valence-corrected chi connectivity index (χ3v) is 6.85. The standard InChI is InChI=1S/C22H33N3O3/c1-27-20-7-6-15(9-21(20)28-2)10-22(26)24-14-19-17-11-16(12-23-13-17)18-5-3-4-8-25(18)19/h6-7,9,16-19,23H,3-5,8,10-14H2,1-2H3,(H,24,26)/t16-,17+,18+,19+/m1/s1. The van der Waals surface area contributed by atoms with Crippen molar-refractivity contribution in [2.24, 2.45) is 11.8 Å². The molecule has 3 aliphatic heterocycles. The van der Waals surface area contributed by atoms with Crippen LogP contribution < -0.4 is 20.1 Å². The van der Waals surface area contributed by atoms with E-state index in [1.807, 2.05) is 18.2 Å². The van der Waals surface area contributed by atoms with Gasteiger partial charge in [-0.05, 0) is 68.4 Å². The summed E-state index contributed by atoms with van der Waals surface area (Å²) in [7, 11) is 3.23. The highest BCUT2D eigenvalue weighted by atomic mass is 16.5. The molecule has 1 aromatic rings. The molecule has 0 saturated carbocycles. The first-order valence-electron chi connectivity index (χ1n) is 10.6. The monoisotopic (exact) mass is 387 g/mol. The second-order valence-electron chi connectivity index (χ2n) is 8.45. The minimum absolute atomic E-state index is 0.0756. The minimum Gasteiger partial charge on any atom is -0.493 e. The third-order valence-electron chi connectivity index (χ3n) is 6.85. The minimum atomic E-state index is 0.0756. The first kappa shape index (κ1) is 19.5. The van der Waals surface area contributed by atoms with Crippen molar-refractivity contribution in [2.75, 3.05) is 40.4 Å². The Morgan fingerprint density at radius 2 is 2.00 bits per heavy atom. The van der Waals surface area contributed by atoms with Crippen LogP contribution in [0.25, 0.3) is 0 Å². The van der Waals surface area contributed by atoms with Gasteiger partial charge >= 0.3 is 0 Å². The molecule has 0 unspecified atom stereocenters. The molecule has 28 heavy (non-hydrogen) atoms. The zero-order chi connectivity index (χ0) is 19.5. The molecule has 0 aromatic heterocycles. The fraction of sp³-hybridized carbons (Fsp3) is 0.682. The molecule has 0 aliphatic carbocycles. The van der Waals surface area contributed by atoms with Crippen LogP contribution in [0.15, 0.2) is 18.2 Å². The molecule has 2 N–H and O–H groups in total. The summed E-state index contributed by atoms with van der Waals surface area (Å²) in [5.74, 6) is 2.86. The third kappa shape index (κ3) is 3.98. The second-order valence-corrected chi connectivity index (χ2v) is 8.45. The molecule has 4 atom stereocenters. The maximum absolute atomic E-state index is 12.6. The molecular weight excluding hydrogens is 354 g/mol. The van der Waals surface area contributed by atoms with Gasteiger partial charge in [0.05, 0.1) is 20.6 Å². The van der Waals surface area contributed by atoms with E-state index in [2.05, 4.69) is 15.5 Å². The predicted molar refractivity (Wildman–Crippen MR) is 109 cm³/mol. The van der Waals surface area contributed by atoms with Crippen molar-refractivity contribution in [1.29, 1.82) is 0 Å². The van der Waals surface area contributed by atoms with Gasteiger partial charge in [0.1, 0.15) is 0 Å². The number of ether oxygens (including phenoxy) is 2. The molecule has 3 aliphatic rings. The van der Waals surface area contributed by atoms with Gasteiger partial charge in [-0.2, -0.15) is 0 Å². The molecule has 154 valence electrons. The fourth-order valence-electron chi connectivity index (χ4n) is 5.51. The zero-order valence-corrected chi connectivity index (χ0v) is 17.1. The number of carbonyl (C=O) groups is 1. The van der Waals surface area contributed by atoms with Crippen molar-refractivity contribution in [1.82, 2.24) is 15.5 Å². The Morgan fingerprint density at radius 1 is 1.18 bits per heavy atom. The molecular formula is C22H33N3O3. The largest absolute Gasteiger partial charge is 0.493 e. The van der Waals surface area contributed by atoms with Gasteiger partial charge in [-0.1, -0.05) is 12.5 Å². The molecule has 1 amide bonds. The SMILES string of the molecule is COc1ccc(CC(=O)NC[C@H]2[C@@H]3CNC[C@@H](C3)[C@@H]3CCCCN32)cc1OC. The summed E-state index contributed by atoms with van der Waals surface area (Å²) in [4.78, 5) is 15.3. The molecule has 0 radical (unpaired) electrons. The van der Waals surface area contributed by atoms with Crippen LogP contribution in [-0.4, -0.2) is 63.3 Å². The highest BCUT2D eigenvalue weighted by molar-refractivity contribution is 5.78. The van der Waals surface area contributed by atoms with Gasteiger partial charge in [-0.3, -0.25) is 9.69 Å². The summed E-state index contributed by atoms with van der Waals surface area (Å²) < 4.78 is 10.6. The van der Waals surface area contributed by atoms with Crippen LogP contribution >= 0.6 is 0 Å². The lowest BCUT2D eigenvalue weighted by atomic mass is 9.73. The Labute approximate surface area is 168 Å². The Morgan fingerprint density at radius 3 is 2.82 bits per heavy atom. The van der Waals surface area contributed by atoms with Gasteiger partial charge < -0.3 is 20.1 Å². The Kier molecular flexibility index (Phi) is 6.07. The Hall–Kier alpha value is -1.79. The lowest BCUT2D eigenvalue weighted by Gasteiger charge is -2.55. The number of hydrogen-bond donors (Lipinski definition) is 2. The van der Waals surface area contributed by atoms with Crippen molar-refractivity contribution >= 4 is 5.91 Å². The normalized spacial score (nSPS) is 29.6. The van der Waals surface area contributed by atoms with E-state index in [1.54, 1.807) is 14.2 Å². The molecule has 3 saturated heterocycles. The molecule has 4 rings (SSSR count). The van der Waals surface area contributed by atoms with E-state index in [1.165, 1.54) is 32.2 Å². The molecule has 0 spiro atoms. The topological polar surface area (TPSA) is 62.8 Å². The van der Waals surface area contributed by atoms with Gasteiger partial charge in [0, 0.05) is 18.6 Å². The Bertz CT molecular complexity index is 696. The van der Waals surface area contributed by atoms with Crippen LogP contribution in [0.5, 0.6) is 11.5 Å². The van der Waals surface area contributed by atoms with E-state index in [-0.39, 0.29) is 5.91 Å². The number of carbonyl (C=O) groups excluding carboxylic acids is 1. The van der Waals surface area contributed by atoms with E-state index in [0.717, 1.165) is 31.1 Å². The first-order chi connectivity index (χ1) is 13.7. The van der Waals surface area contributed by atoms with Crippen molar-refractivity contribution in [3.8, 4) is 11.5 Å². The number of nitrogens with zero attached hydrogens (tertiary/aromatic N) is 1. The van der Waals surface area contributed by atoms with Crippen LogP contribution in [0, 0.1) is 11.8 Å². The predicted octanol–water partition coefficient (Wildman–Crippen LogP) is 1.82. The summed E-state index contributed by atoms with van der Waals surface area (Å²) in [5.41, 5.74) is 0.939. The number of nitrogens with one attached hydrogen (secondary N) is 2. The zero-order valence-electron chi connectivity index (χ0n) is 17.1. The van der Waals surface area contributed by atoms with Gasteiger partial charge in [-0.25, -0.2) is 0 Å². The number of amides is 1. The fourth-order valence-corrected chi connectivity index (χ4v) is 5.51. The van der Waals surface area contributed by atoms with Gasteiger partial charge in [0.2, 0.25) is 5.91 Å². The molecule has 2 bridgehead atoms. The summed E-state index contributed by atoms with van der Waals surface area (Å²) in [5, 5.41) is 6.86. The van der Waals surface area contributed by atoms with Gasteiger partial charge in [0.15, 0.2) is 11.5 Å². The van der Waals surface area contributed by atoms with Crippen molar-refractivity contribution in [3.05, 3.63) is 23.8 Å². The maximum atomic E-state index is 12.6. The van der Waals surface area contributed by atoms with Crippen molar-refractivity contribution in [2.45, 2.75) is 44.2 Å². The van der Waals surface area contributed by atoms with Crippen molar-refractivity contribution in [3.63, 3.8) is 0 Å². The van der Waals surface area contributed by atoms with Crippen molar-refractivity contribution < 1.29 is 14.3 Å². The lowest BCUT2D eigenvalue weighted by Crippen LogP contribution is -2.65. The van der Waals surface area contributed by atoms with Gasteiger partial charge in [-0.15, -0.1) is 0 Å². The van der Waals surface area contributed by atoms with E-state index in [0.29, 0.717) is 35.9 Å².